The minimum Gasteiger partial charge on any atom is -0.396 e. The molecule has 1 unspecified atom stereocenters. The molecule has 1 aromatic rings. The van der Waals surface area contributed by atoms with Gasteiger partial charge < -0.3 is 10.8 Å². The molecule has 1 atom stereocenters. The minimum atomic E-state index is 0.00685. The summed E-state index contributed by atoms with van der Waals surface area (Å²) < 4.78 is 0. The van der Waals surface area contributed by atoms with Crippen LogP contribution in [0.3, 0.4) is 0 Å². The van der Waals surface area contributed by atoms with Crippen molar-refractivity contribution >= 4 is 5.84 Å². The fourth-order valence-corrected chi connectivity index (χ4v) is 2.70. The van der Waals surface area contributed by atoms with Crippen LogP contribution in [0.2, 0.25) is 0 Å². The molecule has 2 heterocycles. The first-order chi connectivity index (χ1) is 9.20. The van der Waals surface area contributed by atoms with Crippen molar-refractivity contribution in [3.05, 3.63) is 29.6 Å². The summed E-state index contributed by atoms with van der Waals surface area (Å²) in [5.74, 6) is 0.00685. The maximum atomic E-state index is 9.14. The molecule has 0 spiro atoms. The Hall–Kier alpha value is -1.46. The van der Waals surface area contributed by atoms with Gasteiger partial charge in [0.2, 0.25) is 0 Å². The summed E-state index contributed by atoms with van der Waals surface area (Å²) in [7, 11) is 0. The number of nitrogens with zero attached hydrogens (tertiary/aromatic N) is 2. The number of nitrogens with one attached hydrogen (secondary N) is 1. The van der Waals surface area contributed by atoms with Gasteiger partial charge in [-0.05, 0) is 43.5 Å². The molecule has 0 radical (unpaired) electrons. The second-order valence-corrected chi connectivity index (χ2v) is 5.10. The molecule has 5 heteroatoms. The number of aromatic nitrogens is 1. The lowest BCUT2D eigenvalue weighted by Gasteiger charge is -2.35. The van der Waals surface area contributed by atoms with Gasteiger partial charge in [0.05, 0.1) is 0 Å². The van der Waals surface area contributed by atoms with E-state index in [9.17, 15) is 0 Å². The number of likely N-dealkylation sites (tertiary alicyclic amines) is 1. The van der Waals surface area contributed by atoms with E-state index in [4.69, 9.17) is 16.2 Å². The van der Waals surface area contributed by atoms with Gasteiger partial charge in [0.25, 0.3) is 0 Å². The molecule has 0 amide bonds. The zero-order chi connectivity index (χ0) is 13.7. The predicted molar refractivity (Wildman–Crippen MR) is 75.0 cm³/mol. The van der Waals surface area contributed by atoms with E-state index in [1.54, 1.807) is 6.20 Å². The number of hydrogen-bond donors (Lipinski definition) is 3. The molecule has 5 nitrogen and oxygen atoms in total. The third-order valence-corrected chi connectivity index (χ3v) is 3.70. The van der Waals surface area contributed by atoms with Gasteiger partial charge in [-0.25, -0.2) is 0 Å². The highest BCUT2D eigenvalue weighted by Gasteiger charge is 2.21. The second kappa shape index (κ2) is 6.63. The van der Waals surface area contributed by atoms with Gasteiger partial charge >= 0.3 is 0 Å². The van der Waals surface area contributed by atoms with Crippen LogP contribution < -0.4 is 5.73 Å². The number of aliphatic hydroxyl groups is 1. The molecular formula is C14H22N4O. The summed E-state index contributed by atoms with van der Waals surface area (Å²) in [5.41, 5.74) is 7.13. The third kappa shape index (κ3) is 3.75. The molecule has 1 fully saturated rings. The minimum absolute atomic E-state index is 0.00685. The first-order valence-electron chi connectivity index (χ1n) is 6.85. The molecule has 1 saturated heterocycles. The van der Waals surface area contributed by atoms with Gasteiger partial charge in [-0.3, -0.25) is 15.3 Å². The van der Waals surface area contributed by atoms with Gasteiger partial charge in [-0.2, -0.15) is 0 Å². The summed E-state index contributed by atoms with van der Waals surface area (Å²) >= 11 is 0. The Labute approximate surface area is 114 Å². The standard InChI is InChI=1S/C14H22N4O/c15-14(16)13-9-11(4-6-17-13)10-18-7-2-1-3-12(18)5-8-19/h4,6,9,12,19H,1-3,5,7-8,10H2,(H3,15,16). The average molecular weight is 262 g/mol. The number of hydrogen-bond acceptors (Lipinski definition) is 4. The highest BCUT2D eigenvalue weighted by Crippen LogP contribution is 2.21. The quantitative estimate of drug-likeness (QED) is 0.548. The van der Waals surface area contributed by atoms with Crippen molar-refractivity contribution in [3.8, 4) is 0 Å². The average Bonchev–Trinajstić information content (AvgIpc) is 2.41. The number of aliphatic hydroxyl groups excluding tert-OH is 1. The highest BCUT2D eigenvalue weighted by molar-refractivity contribution is 5.93. The molecule has 1 aromatic heterocycles. The van der Waals surface area contributed by atoms with Gasteiger partial charge in [0, 0.05) is 25.4 Å². The first-order valence-corrected chi connectivity index (χ1v) is 6.85. The number of nitrogen functional groups attached to an aromatic ring is 1. The van der Waals surface area contributed by atoms with Crippen molar-refractivity contribution in [3.63, 3.8) is 0 Å². The Morgan fingerprint density at radius 1 is 1.53 bits per heavy atom. The smallest absolute Gasteiger partial charge is 0.141 e. The lowest BCUT2D eigenvalue weighted by atomic mass is 9.99. The third-order valence-electron chi connectivity index (χ3n) is 3.70. The lowest BCUT2D eigenvalue weighted by Crippen LogP contribution is -2.39. The van der Waals surface area contributed by atoms with Gasteiger partial charge in [0.1, 0.15) is 11.5 Å². The Kier molecular flexibility index (Phi) is 4.87. The van der Waals surface area contributed by atoms with Crippen LogP contribution in [0.5, 0.6) is 0 Å². The van der Waals surface area contributed by atoms with Crippen molar-refractivity contribution in [1.29, 1.82) is 5.41 Å². The summed E-state index contributed by atoms with van der Waals surface area (Å²) in [6.07, 6.45) is 6.16. The number of pyridine rings is 1. The summed E-state index contributed by atoms with van der Waals surface area (Å²) in [5, 5.41) is 16.6. The molecule has 0 aromatic carbocycles. The normalized spacial score (nSPS) is 20.4. The van der Waals surface area contributed by atoms with Crippen LogP contribution >= 0.6 is 0 Å². The fraction of sp³-hybridized carbons (Fsp3) is 0.571. The largest absolute Gasteiger partial charge is 0.396 e. The zero-order valence-corrected chi connectivity index (χ0v) is 11.2. The van der Waals surface area contributed by atoms with E-state index in [-0.39, 0.29) is 12.4 Å². The molecule has 104 valence electrons. The molecule has 0 saturated carbocycles. The number of nitrogens with two attached hydrogens (primary N) is 1. The zero-order valence-electron chi connectivity index (χ0n) is 11.2. The van der Waals surface area contributed by atoms with E-state index in [2.05, 4.69) is 9.88 Å². The maximum Gasteiger partial charge on any atom is 0.141 e. The molecule has 1 aliphatic heterocycles. The Balaban J connectivity index is 2.06. The topological polar surface area (TPSA) is 86.2 Å². The van der Waals surface area contributed by atoms with Crippen LogP contribution in [0.25, 0.3) is 0 Å². The van der Waals surface area contributed by atoms with E-state index in [0.29, 0.717) is 11.7 Å². The number of rotatable bonds is 5. The van der Waals surface area contributed by atoms with Gasteiger partial charge in [0.15, 0.2) is 0 Å². The predicted octanol–water partition coefficient (Wildman–Crippen LogP) is 1.10. The van der Waals surface area contributed by atoms with Crippen LogP contribution in [0.15, 0.2) is 18.3 Å². The number of piperidine rings is 1. The second-order valence-electron chi connectivity index (χ2n) is 5.10. The van der Waals surface area contributed by atoms with Crippen LogP contribution in [-0.4, -0.2) is 40.0 Å². The highest BCUT2D eigenvalue weighted by atomic mass is 16.3. The fourth-order valence-electron chi connectivity index (χ4n) is 2.70. The van der Waals surface area contributed by atoms with E-state index in [0.717, 1.165) is 31.5 Å². The van der Waals surface area contributed by atoms with Crippen molar-refractivity contribution in [1.82, 2.24) is 9.88 Å². The monoisotopic (exact) mass is 262 g/mol. The van der Waals surface area contributed by atoms with Crippen molar-refractivity contribution in [2.45, 2.75) is 38.3 Å². The van der Waals surface area contributed by atoms with E-state index >= 15 is 0 Å². The van der Waals surface area contributed by atoms with Crippen LogP contribution in [0.1, 0.15) is 36.9 Å². The van der Waals surface area contributed by atoms with Crippen molar-refractivity contribution in [2.24, 2.45) is 5.73 Å². The molecule has 1 aliphatic rings. The lowest BCUT2D eigenvalue weighted by molar-refractivity contribution is 0.112. The first kappa shape index (κ1) is 14.0. The summed E-state index contributed by atoms with van der Waals surface area (Å²) in [6.45, 7) is 2.16. The van der Waals surface area contributed by atoms with Crippen molar-refractivity contribution in [2.75, 3.05) is 13.2 Å². The molecule has 2 rings (SSSR count). The van der Waals surface area contributed by atoms with E-state index in [1.807, 2.05) is 12.1 Å². The molecule has 0 aliphatic carbocycles. The van der Waals surface area contributed by atoms with Crippen LogP contribution in [0.4, 0.5) is 0 Å². The van der Waals surface area contributed by atoms with Crippen molar-refractivity contribution < 1.29 is 5.11 Å². The van der Waals surface area contributed by atoms with E-state index in [1.165, 1.54) is 12.8 Å². The van der Waals surface area contributed by atoms with Crippen LogP contribution in [-0.2, 0) is 6.54 Å². The summed E-state index contributed by atoms with van der Waals surface area (Å²) in [4.78, 5) is 6.49. The molecule has 19 heavy (non-hydrogen) atoms. The number of amidine groups is 1. The maximum absolute atomic E-state index is 9.14. The van der Waals surface area contributed by atoms with Gasteiger partial charge in [-0.1, -0.05) is 6.42 Å². The summed E-state index contributed by atoms with van der Waals surface area (Å²) in [6, 6.07) is 4.32. The Morgan fingerprint density at radius 2 is 2.37 bits per heavy atom. The van der Waals surface area contributed by atoms with E-state index < -0.39 is 0 Å². The SMILES string of the molecule is N=C(N)c1cc(CN2CCCCC2CCO)ccn1. The molecule has 0 bridgehead atoms. The van der Waals surface area contributed by atoms with Gasteiger partial charge in [-0.15, -0.1) is 0 Å². The Morgan fingerprint density at radius 3 is 3.11 bits per heavy atom. The Bertz CT molecular complexity index is 433. The molecule has 4 N–H and O–H groups in total. The molecular weight excluding hydrogens is 240 g/mol. The van der Waals surface area contributed by atoms with Crippen LogP contribution in [0, 0.1) is 5.41 Å².